The van der Waals surface area contributed by atoms with Gasteiger partial charge in [0.05, 0.1) is 5.71 Å². The van der Waals surface area contributed by atoms with Gasteiger partial charge in [0.1, 0.15) is 0 Å². The summed E-state index contributed by atoms with van der Waals surface area (Å²) in [5, 5.41) is 11.6. The van der Waals surface area contributed by atoms with Crippen LogP contribution >= 0.6 is 0 Å². The number of oxime groups is 1. The van der Waals surface area contributed by atoms with Crippen LogP contribution in [-0.2, 0) is 0 Å². The Hall–Kier alpha value is -0.830. The minimum atomic E-state index is 0.788. The molecule has 1 heterocycles. The second kappa shape index (κ2) is 4.26. The molecule has 0 aromatic rings. The van der Waals surface area contributed by atoms with E-state index in [0.717, 1.165) is 31.6 Å². The van der Waals surface area contributed by atoms with Crippen LogP contribution in [0.4, 0.5) is 0 Å². The van der Waals surface area contributed by atoms with Crippen molar-refractivity contribution in [1.29, 1.82) is 0 Å². The first kappa shape index (κ1) is 9.26. The minimum Gasteiger partial charge on any atom is -0.411 e. The largest absolute Gasteiger partial charge is 0.411 e. The van der Waals surface area contributed by atoms with Crippen molar-refractivity contribution < 1.29 is 5.21 Å². The molecule has 0 aliphatic carbocycles. The molecule has 12 heavy (non-hydrogen) atoms. The zero-order chi connectivity index (χ0) is 8.97. The van der Waals surface area contributed by atoms with Crippen LogP contribution in [0.25, 0.3) is 0 Å². The SMILES string of the molecule is CC(CC1=CCCN(C)C1)=NO. The van der Waals surface area contributed by atoms with Crippen molar-refractivity contribution >= 4 is 5.71 Å². The molecular formula is C9H16N2O. The summed E-state index contributed by atoms with van der Waals surface area (Å²) in [7, 11) is 2.11. The summed E-state index contributed by atoms with van der Waals surface area (Å²) in [5.41, 5.74) is 2.15. The van der Waals surface area contributed by atoms with Gasteiger partial charge in [0, 0.05) is 19.5 Å². The molecule has 1 aliphatic heterocycles. The summed E-state index contributed by atoms with van der Waals surface area (Å²) in [4.78, 5) is 2.28. The smallest absolute Gasteiger partial charge is 0.0580 e. The standard InChI is InChI=1S/C9H16N2O/c1-8(10-12)6-9-4-3-5-11(2)7-9/h4,12H,3,5-7H2,1-2H3. The fourth-order valence-corrected chi connectivity index (χ4v) is 1.47. The molecule has 0 radical (unpaired) electrons. The first-order valence-corrected chi connectivity index (χ1v) is 4.26. The normalized spacial score (nSPS) is 20.8. The molecule has 1 aliphatic rings. The highest BCUT2D eigenvalue weighted by molar-refractivity contribution is 5.83. The van der Waals surface area contributed by atoms with Crippen molar-refractivity contribution in [3.8, 4) is 0 Å². The monoisotopic (exact) mass is 168 g/mol. The number of hydrogen-bond donors (Lipinski definition) is 1. The molecule has 0 saturated heterocycles. The fraction of sp³-hybridized carbons (Fsp3) is 0.667. The maximum Gasteiger partial charge on any atom is 0.0580 e. The molecule has 0 spiro atoms. The van der Waals surface area contributed by atoms with Gasteiger partial charge in [-0.05, 0) is 20.4 Å². The van der Waals surface area contributed by atoms with Gasteiger partial charge in [-0.2, -0.15) is 0 Å². The molecule has 0 aromatic heterocycles. The molecule has 0 unspecified atom stereocenters. The number of likely N-dealkylation sites (N-methyl/N-ethyl adjacent to an activating group) is 1. The van der Waals surface area contributed by atoms with Gasteiger partial charge in [0.2, 0.25) is 0 Å². The Morgan fingerprint density at radius 2 is 2.50 bits per heavy atom. The lowest BCUT2D eigenvalue weighted by Crippen LogP contribution is -2.26. The number of rotatable bonds is 2. The van der Waals surface area contributed by atoms with Gasteiger partial charge in [0.15, 0.2) is 0 Å². The zero-order valence-electron chi connectivity index (χ0n) is 7.75. The van der Waals surface area contributed by atoms with Gasteiger partial charge < -0.3 is 10.1 Å². The second-order valence-corrected chi connectivity index (χ2v) is 3.40. The van der Waals surface area contributed by atoms with E-state index in [9.17, 15) is 0 Å². The van der Waals surface area contributed by atoms with E-state index in [2.05, 4.69) is 23.2 Å². The van der Waals surface area contributed by atoms with Gasteiger partial charge in [-0.3, -0.25) is 0 Å². The van der Waals surface area contributed by atoms with Crippen molar-refractivity contribution in [1.82, 2.24) is 4.90 Å². The van der Waals surface area contributed by atoms with E-state index in [1.807, 2.05) is 6.92 Å². The van der Waals surface area contributed by atoms with Crippen molar-refractivity contribution in [2.75, 3.05) is 20.1 Å². The lowest BCUT2D eigenvalue weighted by atomic mass is 10.1. The highest BCUT2D eigenvalue weighted by atomic mass is 16.4. The third kappa shape index (κ3) is 2.66. The molecule has 1 N–H and O–H groups in total. The lowest BCUT2D eigenvalue weighted by Gasteiger charge is -2.22. The second-order valence-electron chi connectivity index (χ2n) is 3.40. The predicted octanol–water partition coefficient (Wildman–Crippen LogP) is 1.49. The molecule has 0 atom stereocenters. The fourth-order valence-electron chi connectivity index (χ4n) is 1.47. The van der Waals surface area contributed by atoms with Crippen LogP contribution in [0.15, 0.2) is 16.8 Å². The molecule has 0 bridgehead atoms. The van der Waals surface area contributed by atoms with Crippen molar-refractivity contribution in [3.63, 3.8) is 0 Å². The Morgan fingerprint density at radius 3 is 3.08 bits per heavy atom. The summed E-state index contributed by atoms with van der Waals surface area (Å²) in [5.74, 6) is 0. The summed E-state index contributed by atoms with van der Waals surface area (Å²) < 4.78 is 0. The Labute approximate surface area is 73.4 Å². The maximum atomic E-state index is 8.48. The minimum absolute atomic E-state index is 0.788. The van der Waals surface area contributed by atoms with Crippen LogP contribution < -0.4 is 0 Å². The highest BCUT2D eigenvalue weighted by Crippen LogP contribution is 2.11. The van der Waals surface area contributed by atoms with E-state index in [4.69, 9.17) is 5.21 Å². The van der Waals surface area contributed by atoms with E-state index < -0.39 is 0 Å². The molecule has 68 valence electrons. The van der Waals surface area contributed by atoms with Crippen LogP contribution in [0.2, 0.25) is 0 Å². The maximum absolute atomic E-state index is 8.48. The van der Waals surface area contributed by atoms with Crippen LogP contribution in [-0.4, -0.2) is 36.0 Å². The Kier molecular flexibility index (Phi) is 3.29. The number of hydrogen-bond acceptors (Lipinski definition) is 3. The molecule has 0 fully saturated rings. The third-order valence-corrected chi connectivity index (χ3v) is 2.07. The van der Waals surface area contributed by atoms with Gasteiger partial charge in [0.25, 0.3) is 0 Å². The average molecular weight is 168 g/mol. The van der Waals surface area contributed by atoms with E-state index in [0.29, 0.717) is 0 Å². The molecule has 3 heteroatoms. The van der Waals surface area contributed by atoms with E-state index >= 15 is 0 Å². The van der Waals surface area contributed by atoms with Crippen LogP contribution in [0.5, 0.6) is 0 Å². The summed E-state index contributed by atoms with van der Waals surface area (Å²) in [6.07, 6.45) is 4.17. The van der Waals surface area contributed by atoms with Gasteiger partial charge in [-0.1, -0.05) is 16.8 Å². The topological polar surface area (TPSA) is 35.8 Å². The highest BCUT2D eigenvalue weighted by Gasteiger charge is 2.08. The lowest BCUT2D eigenvalue weighted by molar-refractivity contribution is 0.316. The van der Waals surface area contributed by atoms with E-state index in [1.165, 1.54) is 5.57 Å². The molecule has 0 amide bonds. The number of nitrogens with zero attached hydrogens (tertiary/aromatic N) is 2. The third-order valence-electron chi connectivity index (χ3n) is 2.07. The van der Waals surface area contributed by atoms with Gasteiger partial charge in [-0.15, -0.1) is 0 Å². The summed E-state index contributed by atoms with van der Waals surface area (Å²) in [6, 6.07) is 0. The molecule has 0 saturated carbocycles. The van der Waals surface area contributed by atoms with Gasteiger partial charge in [-0.25, -0.2) is 0 Å². The van der Waals surface area contributed by atoms with Crippen LogP contribution in [0.3, 0.4) is 0 Å². The van der Waals surface area contributed by atoms with Crippen LogP contribution in [0, 0.1) is 0 Å². The molecule has 3 nitrogen and oxygen atoms in total. The van der Waals surface area contributed by atoms with Crippen molar-refractivity contribution in [2.24, 2.45) is 5.16 Å². The average Bonchev–Trinajstić information content (AvgIpc) is 2.04. The Bertz CT molecular complexity index is 209. The predicted molar refractivity (Wildman–Crippen MR) is 49.7 cm³/mol. The van der Waals surface area contributed by atoms with E-state index in [1.54, 1.807) is 0 Å². The van der Waals surface area contributed by atoms with Crippen molar-refractivity contribution in [2.45, 2.75) is 19.8 Å². The molecule has 0 aromatic carbocycles. The van der Waals surface area contributed by atoms with Crippen LogP contribution in [0.1, 0.15) is 19.8 Å². The Morgan fingerprint density at radius 1 is 1.75 bits per heavy atom. The summed E-state index contributed by atoms with van der Waals surface area (Å²) >= 11 is 0. The molecule has 1 rings (SSSR count). The first-order chi connectivity index (χ1) is 5.72. The zero-order valence-corrected chi connectivity index (χ0v) is 7.75. The first-order valence-electron chi connectivity index (χ1n) is 4.26. The van der Waals surface area contributed by atoms with E-state index in [-0.39, 0.29) is 0 Å². The molecular weight excluding hydrogens is 152 g/mol. The quantitative estimate of drug-likeness (QED) is 0.293. The summed E-state index contributed by atoms with van der Waals surface area (Å²) in [6.45, 7) is 3.99. The van der Waals surface area contributed by atoms with Gasteiger partial charge >= 0.3 is 0 Å². The Balaban J connectivity index is 2.47. The van der Waals surface area contributed by atoms with Crippen molar-refractivity contribution in [3.05, 3.63) is 11.6 Å².